The number of rotatable bonds is 14. The number of fused-ring (bicyclic) bond motifs is 4. The molecule has 0 aliphatic heterocycles. The smallest absolute Gasteiger partial charge is 0.0108 e. The minimum absolute atomic E-state index is 0.569. The quantitative estimate of drug-likeness (QED) is 0.346. The van der Waals surface area contributed by atoms with E-state index in [0.717, 1.165) is 74.8 Å². The molecule has 0 amide bonds. The lowest BCUT2D eigenvalue weighted by Crippen LogP contribution is -2.42. The average molecular weight is 461 g/mol. The molecule has 6 unspecified atom stereocenters. The summed E-state index contributed by atoms with van der Waals surface area (Å²) in [4.78, 5) is 2.43. The summed E-state index contributed by atoms with van der Waals surface area (Å²) in [7, 11) is 0. The van der Waals surface area contributed by atoms with Crippen LogP contribution in [0, 0.1) is 46.3 Å². The lowest BCUT2D eigenvalue weighted by molar-refractivity contribution is 0.0993. The molecule has 4 heteroatoms. The van der Waals surface area contributed by atoms with Gasteiger partial charge in [0, 0.05) is 45.3 Å². The van der Waals surface area contributed by atoms with E-state index in [0.29, 0.717) is 16.9 Å². The van der Waals surface area contributed by atoms with Crippen LogP contribution in [0.5, 0.6) is 0 Å². The van der Waals surface area contributed by atoms with Crippen LogP contribution in [0.25, 0.3) is 0 Å². The highest BCUT2D eigenvalue weighted by Crippen LogP contribution is 2.62. The molecule has 0 saturated heterocycles. The zero-order chi connectivity index (χ0) is 23.6. The summed E-state index contributed by atoms with van der Waals surface area (Å²) in [5.74, 6) is 5.92. The summed E-state index contributed by atoms with van der Waals surface area (Å²) in [5.41, 5.74) is 12.8. The Kier molecular flexibility index (Phi) is 8.52. The summed E-state index contributed by atoms with van der Waals surface area (Å²) in [6, 6.07) is 0.674. The third kappa shape index (κ3) is 5.49. The van der Waals surface area contributed by atoms with Crippen LogP contribution < -0.4 is 16.8 Å². The van der Waals surface area contributed by atoms with Crippen molar-refractivity contribution in [3.05, 3.63) is 0 Å². The molecule has 0 spiro atoms. The number of nitrogens with one attached hydrogen (secondary N) is 1. The van der Waals surface area contributed by atoms with E-state index in [4.69, 9.17) is 11.5 Å². The van der Waals surface area contributed by atoms with E-state index < -0.39 is 0 Å². The minimum Gasteiger partial charge on any atom is -0.329 e. The average Bonchev–Trinajstić information content (AvgIpc) is 3.51. The van der Waals surface area contributed by atoms with Crippen LogP contribution in [-0.2, 0) is 0 Å². The van der Waals surface area contributed by atoms with Crippen LogP contribution in [-0.4, -0.2) is 50.2 Å². The van der Waals surface area contributed by atoms with Crippen molar-refractivity contribution in [1.82, 2.24) is 10.2 Å². The lowest BCUT2D eigenvalue weighted by Gasteiger charge is -2.40. The van der Waals surface area contributed by atoms with E-state index in [1.807, 2.05) is 0 Å². The lowest BCUT2D eigenvalue weighted by atomic mass is 9.66. The standard InChI is InChI=1S/C29H56N4/c1-28(2)23-7-5-21(19-23)26(28)11-9-25(32-15-18-33(16-13-30)17-14-31)10-12-27-22-6-8-24(20-22)29(27,3)4/h21-27,32H,5-20,30-31H2,1-4H3. The molecule has 0 aromatic carbocycles. The Bertz CT molecular complexity index is 569. The topological polar surface area (TPSA) is 67.3 Å². The summed E-state index contributed by atoms with van der Waals surface area (Å²) in [5, 5.41) is 4.03. The molecule has 4 bridgehead atoms. The molecule has 0 radical (unpaired) electrons. The zero-order valence-corrected chi connectivity index (χ0v) is 22.5. The maximum atomic E-state index is 5.83. The highest BCUT2D eigenvalue weighted by Gasteiger charge is 2.53. The number of hydrogen-bond acceptors (Lipinski definition) is 4. The summed E-state index contributed by atoms with van der Waals surface area (Å²) >= 11 is 0. The highest BCUT2D eigenvalue weighted by molar-refractivity contribution is 5.03. The van der Waals surface area contributed by atoms with Gasteiger partial charge in [0.05, 0.1) is 0 Å². The van der Waals surface area contributed by atoms with Gasteiger partial charge in [-0.05, 0) is 111 Å². The van der Waals surface area contributed by atoms with Gasteiger partial charge < -0.3 is 16.8 Å². The van der Waals surface area contributed by atoms with Crippen molar-refractivity contribution in [3.63, 3.8) is 0 Å². The van der Waals surface area contributed by atoms with Gasteiger partial charge in [0.25, 0.3) is 0 Å². The van der Waals surface area contributed by atoms with E-state index in [2.05, 4.69) is 37.9 Å². The maximum absolute atomic E-state index is 5.83. The normalized spacial score (nSPS) is 36.8. The molecular formula is C29H56N4. The van der Waals surface area contributed by atoms with Crippen LogP contribution >= 0.6 is 0 Å². The highest BCUT2D eigenvalue weighted by atomic mass is 15.1. The van der Waals surface area contributed by atoms with Gasteiger partial charge in [-0.3, -0.25) is 4.90 Å². The van der Waals surface area contributed by atoms with E-state index in [-0.39, 0.29) is 0 Å². The number of nitrogens with two attached hydrogens (primary N) is 2. The molecule has 4 aliphatic carbocycles. The van der Waals surface area contributed by atoms with Crippen molar-refractivity contribution in [3.8, 4) is 0 Å². The van der Waals surface area contributed by atoms with Gasteiger partial charge in [0.1, 0.15) is 0 Å². The van der Waals surface area contributed by atoms with Gasteiger partial charge in [-0.1, -0.05) is 27.7 Å². The molecule has 4 fully saturated rings. The van der Waals surface area contributed by atoms with Gasteiger partial charge in [-0.2, -0.15) is 0 Å². The molecular weight excluding hydrogens is 404 g/mol. The minimum atomic E-state index is 0.569. The third-order valence-electron chi connectivity index (χ3n) is 11.5. The fraction of sp³-hybridized carbons (Fsp3) is 1.00. The van der Waals surface area contributed by atoms with E-state index in [1.54, 1.807) is 0 Å². The molecule has 5 N–H and O–H groups in total. The Hall–Kier alpha value is -0.160. The third-order valence-corrected chi connectivity index (χ3v) is 11.5. The van der Waals surface area contributed by atoms with Gasteiger partial charge >= 0.3 is 0 Å². The van der Waals surface area contributed by atoms with E-state index in [1.165, 1.54) is 64.2 Å². The van der Waals surface area contributed by atoms with Gasteiger partial charge in [-0.25, -0.2) is 0 Å². The van der Waals surface area contributed by atoms with Crippen LogP contribution in [0.4, 0.5) is 0 Å². The Morgan fingerprint density at radius 1 is 0.758 bits per heavy atom. The molecule has 33 heavy (non-hydrogen) atoms. The van der Waals surface area contributed by atoms with Crippen LogP contribution in [0.2, 0.25) is 0 Å². The van der Waals surface area contributed by atoms with Crippen molar-refractivity contribution in [2.24, 2.45) is 57.8 Å². The van der Waals surface area contributed by atoms with Crippen LogP contribution in [0.15, 0.2) is 0 Å². The molecule has 4 nitrogen and oxygen atoms in total. The fourth-order valence-electron chi connectivity index (χ4n) is 9.39. The van der Waals surface area contributed by atoms with Crippen molar-refractivity contribution in [1.29, 1.82) is 0 Å². The van der Waals surface area contributed by atoms with E-state index in [9.17, 15) is 0 Å². The van der Waals surface area contributed by atoms with E-state index >= 15 is 0 Å². The fourth-order valence-corrected chi connectivity index (χ4v) is 9.39. The van der Waals surface area contributed by atoms with Crippen molar-refractivity contribution < 1.29 is 0 Å². The largest absolute Gasteiger partial charge is 0.329 e. The first kappa shape index (κ1) is 25.9. The van der Waals surface area contributed by atoms with Gasteiger partial charge in [0.2, 0.25) is 0 Å². The zero-order valence-electron chi connectivity index (χ0n) is 22.5. The SMILES string of the molecule is CC1(C)C2CCC(C2)C1CCC(CCC1C2CCC(C2)C1(C)C)NCCN(CCN)CCN. The first-order chi connectivity index (χ1) is 15.8. The molecule has 4 saturated carbocycles. The first-order valence-corrected chi connectivity index (χ1v) is 14.6. The molecule has 0 aromatic heterocycles. The van der Waals surface area contributed by atoms with Crippen molar-refractivity contribution in [2.45, 2.75) is 97.9 Å². The summed E-state index contributed by atoms with van der Waals surface area (Å²) < 4.78 is 0. The first-order valence-electron chi connectivity index (χ1n) is 14.6. The Morgan fingerprint density at radius 2 is 1.24 bits per heavy atom. The number of hydrogen-bond donors (Lipinski definition) is 3. The van der Waals surface area contributed by atoms with Crippen LogP contribution in [0.1, 0.15) is 91.9 Å². The predicted molar refractivity (Wildman–Crippen MR) is 141 cm³/mol. The Morgan fingerprint density at radius 3 is 1.64 bits per heavy atom. The monoisotopic (exact) mass is 460 g/mol. The van der Waals surface area contributed by atoms with Crippen LogP contribution in [0.3, 0.4) is 0 Å². The second-order valence-corrected chi connectivity index (χ2v) is 13.6. The molecule has 192 valence electrons. The van der Waals surface area contributed by atoms with Crippen molar-refractivity contribution >= 4 is 0 Å². The second-order valence-electron chi connectivity index (χ2n) is 13.6. The van der Waals surface area contributed by atoms with Crippen molar-refractivity contribution in [2.75, 3.05) is 39.3 Å². The predicted octanol–water partition coefficient (Wildman–Crippen LogP) is 4.87. The molecule has 0 aromatic rings. The summed E-state index contributed by atoms with van der Waals surface area (Å²) in [6.45, 7) is 15.8. The molecule has 4 rings (SSSR count). The Balaban J connectivity index is 1.32. The summed E-state index contributed by atoms with van der Waals surface area (Å²) in [6.07, 6.45) is 14.6. The van der Waals surface area contributed by atoms with Gasteiger partial charge in [-0.15, -0.1) is 0 Å². The second kappa shape index (κ2) is 10.8. The maximum Gasteiger partial charge on any atom is 0.0108 e. The Labute approximate surface area is 205 Å². The number of nitrogens with zero attached hydrogens (tertiary/aromatic N) is 1. The van der Waals surface area contributed by atoms with Gasteiger partial charge in [0.15, 0.2) is 0 Å². The molecule has 6 atom stereocenters. The molecule has 4 aliphatic rings. The molecule has 0 heterocycles.